The van der Waals surface area contributed by atoms with Crippen molar-refractivity contribution < 1.29 is 9.47 Å². The lowest BCUT2D eigenvalue weighted by Gasteiger charge is -2.13. The predicted octanol–water partition coefficient (Wildman–Crippen LogP) is 2.77. The molecule has 4 nitrogen and oxygen atoms in total. The number of rotatable bonds is 5. The average Bonchev–Trinajstić information content (AvgIpc) is 2.95. The first-order chi connectivity index (χ1) is 10.2. The van der Waals surface area contributed by atoms with Crippen molar-refractivity contribution in [2.24, 2.45) is 0 Å². The zero-order valence-corrected chi connectivity index (χ0v) is 12.4. The molecule has 0 unspecified atom stereocenters. The third-order valence-corrected chi connectivity index (χ3v) is 3.55. The van der Waals surface area contributed by atoms with E-state index in [1.165, 1.54) is 16.8 Å². The van der Waals surface area contributed by atoms with Gasteiger partial charge in [0.25, 0.3) is 0 Å². The van der Waals surface area contributed by atoms with Crippen molar-refractivity contribution in [2.75, 3.05) is 25.8 Å². The van der Waals surface area contributed by atoms with Crippen LogP contribution in [0.25, 0.3) is 0 Å². The maximum atomic E-state index is 5.38. The molecule has 0 saturated heterocycles. The molecule has 0 fully saturated rings. The molecule has 1 aliphatic heterocycles. The van der Waals surface area contributed by atoms with E-state index in [1.807, 2.05) is 26.2 Å². The third kappa shape index (κ3) is 3.28. The zero-order chi connectivity index (χ0) is 14.7. The summed E-state index contributed by atoms with van der Waals surface area (Å²) >= 11 is 0. The van der Waals surface area contributed by atoms with E-state index in [9.17, 15) is 0 Å². The minimum atomic E-state index is 0.324. The summed E-state index contributed by atoms with van der Waals surface area (Å²) in [5, 5.41) is 3.45. The summed E-state index contributed by atoms with van der Waals surface area (Å²) in [4.78, 5) is 2.10. The third-order valence-electron chi connectivity index (χ3n) is 3.55. The molecule has 0 atom stereocenters. The second-order valence-electron chi connectivity index (χ2n) is 5.35. The Labute approximate surface area is 125 Å². The van der Waals surface area contributed by atoms with E-state index in [1.54, 1.807) is 0 Å². The van der Waals surface area contributed by atoms with Crippen molar-refractivity contribution in [3.05, 3.63) is 53.6 Å². The van der Waals surface area contributed by atoms with Crippen molar-refractivity contribution in [3.8, 4) is 11.5 Å². The molecular formula is C17H20N2O2. The van der Waals surface area contributed by atoms with Crippen LogP contribution in [-0.4, -0.2) is 20.9 Å². The van der Waals surface area contributed by atoms with Gasteiger partial charge in [0.05, 0.1) is 0 Å². The SMILES string of the molecule is CN(C)c1ccc(CNCc2ccc3c(c2)OCO3)cc1. The molecule has 1 N–H and O–H groups in total. The Morgan fingerprint density at radius 3 is 2.33 bits per heavy atom. The van der Waals surface area contributed by atoms with Crippen LogP contribution in [-0.2, 0) is 13.1 Å². The van der Waals surface area contributed by atoms with Gasteiger partial charge in [-0.1, -0.05) is 18.2 Å². The standard InChI is InChI=1S/C17H20N2O2/c1-19(2)15-6-3-13(4-7-15)10-18-11-14-5-8-16-17(9-14)21-12-20-16/h3-9,18H,10-12H2,1-2H3. The highest BCUT2D eigenvalue weighted by molar-refractivity contribution is 5.46. The molecule has 0 aliphatic carbocycles. The summed E-state index contributed by atoms with van der Waals surface area (Å²) in [5.41, 5.74) is 3.69. The van der Waals surface area contributed by atoms with Gasteiger partial charge in [0.2, 0.25) is 6.79 Å². The van der Waals surface area contributed by atoms with Gasteiger partial charge < -0.3 is 19.7 Å². The van der Waals surface area contributed by atoms with Gasteiger partial charge in [0, 0.05) is 32.9 Å². The molecular weight excluding hydrogens is 264 g/mol. The molecule has 2 aromatic rings. The highest BCUT2D eigenvalue weighted by atomic mass is 16.7. The molecule has 1 aliphatic rings. The van der Waals surface area contributed by atoms with Crippen molar-refractivity contribution in [1.82, 2.24) is 5.32 Å². The molecule has 110 valence electrons. The molecule has 4 heteroatoms. The Hall–Kier alpha value is -2.20. The summed E-state index contributed by atoms with van der Waals surface area (Å²) in [5.74, 6) is 1.67. The molecule has 0 saturated carbocycles. The quantitative estimate of drug-likeness (QED) is 0.915. The van der Waals surface area contributed by atoms with Crippen molar-refractivity contribution >= 4 is 5.69 Å². The van der Waals surface area contributed by atoms with Crippen molar-refractivity contribution in [1.29, 1.82) is 0 Å². The van der Waals surface area contributed by atoms with Gasteiger partial charge >= 0.3 is 0 Å². The lowest BCUT2D eigenvalue weighted by molar-refractivity contribution is 0.174. The Morgan fingerprint density at radius 2 is 1.57 bits per heavy atom. The second kappa shape index (κ2) is 6.06. The van der Waals surface area contributed by atoms with E-state index >= 15 is 0 Å². The first-order valence-electron chi connectivity index (χ1n) is 7.08. The van der Waals surface area contributed by atoms with Crippen LogP contribution in [0.4, 0.5) is 5.69 Å². The minimum absolute atomic E-state index is 0.324. The van der Waals surface area contributed by atoms with E-state index in [0.29, 0.717) is 6.79 Å². The van der Waals surface area contributed by atoms with Crippen molar-refractivity contribution in [3.63, 3.8) is 0 Å². The van der Waals surface area contributed by atoms with E-state index in [4.69, 9.17) is 9.47 Å². The van der Waals surface area contributed by atoms with Crippen molar-refractivity contribution in [2.45, 2.75) is 13.1 Å². The largest absolute Gasteiger partial charge is 0.454 e. The molecule has 0 radical (unpaired) electrons. The van der Waals surface area contributed by atoms with Gasteiger partial charge in [-0.05, 0) is 35.4 Å². The first kappa shape index (κ1) is 13.8. The van der Waals surface area contributed by atoms with E-state index < -0.39 is 0 Å². The summed E-state index contributed by atoms with van der Waals surface area (Å²) in [7, 11) is 4.10. The van der Waals surface area contributed by atoms with Gasteiger partial charge in [0.1, 0.15) is 0 Å². The summed E-state index contributed by atoms with van der Waals surface area (Å²) in [6.07, 6.45) is 0. The van der Waals surface area contributed by atoms with Gasteiger partial charge in [-0.15, -0.1) is 0 Å². The van der Waals surface area contributed by atoms with E-state index in [-0.39, 0.29) is 0 Å². The predicted molar refractivity (Wildman–Crippen MR) is 83.9 cm³/mol. The topological polar surface area (TPSA) is 33.7 Å². The molecule has 3 rings (SSSR count). The lowest BCUT2D eigenvalue weighted by Crippen LogP contribution is -2.13. The maximum Gasteiger partial charge on any atom is 0.231 e. The number of benzene rings is 2. The average molecular weight is 284 g/mol. The monoisotopic (exact) mass is 284 g/mol. The normalized spacial score (nSPS) is 12.5. The molecule has 0 spiro atoms. The molecule has 0 aromatic heterocycles. The van der Waals surface area contributed by atoms with E-state index in [2.05, 4.69) is 40.5 Å². The summed E-state index contributed by atoms with van der Waals surface area (Å²) in [6, 6.07) is 14.6. The number of nitrogens with one attached hydrogen (secondary N) is 1. The van der Waals surface area contributed by atoms with Gasteiger partial charge in [-0.2, -0.15) is 0 Å². The Balaban J connectivity index is 1.54. The van der Waals surface area contributed by atoms with Crippen LogP contribution >= 0.6 is 0 Å². The van der Waals surface area contributed by atoms with Crippen LogP contribution < -0.4 is 19.7 Å². The van der Waals surface area contributed by atoms with Crippen LogP contribution in [0.1, 0.15) is 11.1 Å². The van der Waals surface area contributed by atoms with E-state index in [0.717, 1.165) is 24.6 Å². The van der Waals surface area contributed by atoms with Crippen LogP contribution in [0.5, 0.6) is 11.5 Å². The number of nitrogens with zero attached hydrogens (tertiary/aromatic N) is 1. The molecule has 1 heterocycles. The fraction of sp³-hybridized carbons (Fsp3) is 0.294. The van der Waals surface area contributed by atoms with Crippen LogP contribution in [0.3, 0.4) is 0 Å². The zero-order valence-electron chi connectivity index (χ0n) is 12.4. The smallest absolute Gasteiger partial charge is 0.231 e. The summed E-state index contributed by atoms with van der Waals surface area (Å²) < 4.78 is 10.7. The fourth-order valence-corrected chi connectivity index (χ4v) is 2.31. The lowest BCUT2D eigenvalue weighted by atomic mass is 10.1. The van der Waals surface area contributed by atoms with Crippen LogP contribution in [0, 0.1) is 0 Å². The fourth-order valence-electron chi connectivity index (χ4n) is 2.31. The number of ether oxygens (including phenoxy) is 2. The Bertz CT molecular complexity index is 609. The molecule has 2 aromatic carbocycles. The van der Waals surface area contributed by atoms with Gasteiger partial charge in [-0.25, -0.2) is 0 Å². The number of fused-ring (bicyclic) bond motifs is 1. The molecule has 0 amide bonds. The van der Waals surface area contributed by atoms with Crippen LogP contribution in [0.2, 0.25) is 0 Å². The second-order valence-corrected chi connectivity index (χ2v) is 5.35. The summed E-state index contributed by atoms with van der Waals surface area (Å²) in [6.45, 7) is 1.98. The molecule has 0 bridgehead atoms. The first-order valence-corrected chi connectivity index (χ1v) is 7.08. The number of anilines is 1. The Kier molecular flexibility index (Phi) is 3.97. The van der Waals surface area contributed by atoms with Gasteiger partial charge in [-0.3, -0.25) is 0 Å². The highest BCUT2D eigenvalue weighted by Gasteiger charge is 2.12. The number of hydrogen-bond acceptors (Lipinski definition) is 4. The minimum Gasteiger partial charge on any atom is -0.454 e. The maximum absolute atomic E-state index is 5.38. The van der Waals surface area contributed by atoms with Crippen LogP contribution in [0.15, 0.2) is 42.5 Å². The highest BCUT2D eigenvalue weighted by Crippen LogP contribution is 2.32. The molecule has 21 heavy (non-hydrogen) atoms. The Morgan fingerprint density at radius 1 is 0.905 bits per heavy atom. The van der Waals surface area contributed by atoms with Gasteiger partial charge in [0.15, 0.2) is 11.5 Å². The number of hydrogen-bond donors (Lipinski definition) is 1.